The third-order valence-corrected chi connectivity index (χ3v) is 4.24. The molecule has 1 aliphatic carbocycles. The first kappa shape index (κ1) is 15.1. The van der Waals surface area contributed by atoms with Gasteiger partial charge in [-0.15, -0.1) is 0 Å². The Kier molecular flexibility index (Phi) is 6.09. The summed E-state index contributed by atoms with van der Waals surface area (Å²) in [6, 6.07) is 0.253. The molecule has 0 unspecified atom stereocenters. The van der Waals surface area contributed by atoms with Crippen LogP contribution in [-0.4, -0.2) is 41.0 Å². The molecule has 0 aromatic carbocycles. The van der Waals surface area contributed by atoms with E-state index in [-0.39, 0.29) is 12.6 Å². The first-order valence-electron chi connectivity index (χ1n) is 6.02. The number of nitrogens with one attached hydrogen (secondary N) is 1. The van der Waals surface area contributed by atoms with Crippen molar-refractivity contribution in [2.24, 2.45) is 0 Å². The smallest absolute Gasteiger partial charge is 0.391 e. The van der Waals surface area contributed by atoms with Crippen molar-refractivity contribution in [1.82, 2.24) is 5.32 Å². The molecule has 0 bridgehead atoms. The molecule has 6 heteroatoms. The van der Waals surface area contributed by atoms with E-state index in [2.05, 4.69) is 12.2 Å². The Balaban J connectivity index is 2.25. The molecule has 0 radical (unpaired) electrons. The summed E-state index contributed by atoms with van der Waals surface area (Å²) in [5.41, 5.74) is 0. The van der Waals surface area contributed by atoms with Gasteiger partial charge < -0.3 is 10.4 Å². The van der Waals surface area contributed by atoms with Crippen LogP contribution in [0.1, 0.15) is 32.6 Å². The van der Waals surface area contributed by atoms with Gasteiger partial charge in [0, 0.05) is 17.8 Å². The highest BCUT2D eigenvalue weighted by Crippen LogP contribution is 2.30. The zero-order valence-corrected chi connectivity index (χ0v) is 10.8. The highest BCUT2D eigenvalue weighted by atomic mass is 32.2. The second kappa shape index (κ2) is 6.85. The third kappa shape index (κ3) is 5.97. The van der Waals surface area contributed by atoms with Gasteiger partial charge in [-0.25, -0.2) is 0 Å². The van der Waals surface area contributed by atoms with Gasteiger partial charge in [-0.2, -0.15) is 24.9 Å². The van der Waals surface area contributed by atoms with E-state index in [0.717, 1.165) is 25.0 Å². The zero-order chi connectivity index (χ0) is 12.9. The molecule has 17 heavy (non-hydrogen) atoms. The van der Waals surface area contributed by atoms with E-state index >= 15 is 0 Å². The molecule has 0 aromatic heterocycles. The molecule has 1 rings (SSSR count). The topological polar surface area (TPSA) is 32.3 Å². The summed E-state index contributed by atoms with van der Waals surface area (Å²) < 4.78 is 36.0. The highest BCUT2D eigenvalue weighted by molar-refractivity contribution is 7.99. The Morgan fingerprint density at radius 2 is 2.12 bits per heavy atom. The van der Waals surface area contributed by atoms with Crippen LogP contribution in [0.25, 0.3) is 0 Å². The quantitative estimate of drug-likeness (QED) is 0.779. The first-order chi connectivity index (χ1) is 7.92. The monoisotopic (exact) mass is 271 g/mol. The van der Waals surface area contributed by atoms with Crippen molar-refractivity contribution in [1.29, 1.82) is 0 Å². The Labute approximate surface area is 104 Å². The minimum absolute atomic E-state index is 0.0327. The van der Waals surface area contributed by atoms with Gasteiger partial charge in [0.05, 0.1) is 12.5 Å². The van der Waals surface area contributed by atoms with Crippen LogP contribution >= 0.6 is 11.8 Å². The van der Waals surface area contributed by atoms with Crippen LogP contribution in [0, 0.1) is 0 Å². The van der Waals surface area contributed by atoms with E-state index in [1.807, 2.05) is 11.8 Å². The van der Waals surface area contributed by atoms with Crippen LogP contribution in [-0.2, 0) is 0 Å². The fourth-order valence-electron chi connectivity index (χ4n) is 2.20. The SMILES string of the molecule is CCS[C@@H]1CCC[C@@H]1NC[C@H](O)CC(F)(F)F. The van der Waals surface area contributed by atoms with Gasteiger partial charge in [0.2, 0.25) is 0 Å². The fraction of sp³-hybridized carbons (Fsp3) is 1.00. The summed E-state index contributed by atoms with van der Waals surface area (Å²) in [7, 11) is 0. The number of halogens is 3. The van der Waals surface area contributed by atoms with E-state index in [0.29, 0.717) is 5.25 Å². The molecular formula is C11H20F3NOS. The third-order valence-electron chi connectivity index (χ3n) is 2.92. The summed E-state index contributed by atoms with van der Waals surface area (Å²) in [5.74, 6) is 1.02. The molecule has 3 atom stereocenters. The van der Waals surface area contributed by atoms with Crippen molar-refractivity contribution in [3.05, 3.63) is 0 Å². The van der Waals surface area contributed by atoms with Gasteiger partial charge in [0.15, 0.2) is 0 Å². The molecule has 1 fully saturated rings. The summed E-state index contributed by atoms with van der Waals surface area (Å²) >= 11 is 1.85. The van der Waals surface area contributed by atoms with Crippen molar-refractivity contribution >= 4 is 11.8 Å². The van der Waals surface area contributed by atoms with Gasteiger partial charge in [0.25, 0.3) is 0 Å². The average Bonchev–Trinajstić information content (AvgIpc) is 2.60. The number of thioether (sulfide) groups is 1. The number of aliphatic hydroxyl groups is 1. The Hall–Kier alpha value is 0.0600. The maximum absolute atomic E-state index is 12.0. The van der Waals surface area contributed by atoms with Crippen molar-refractivity contribution in [3.63, 3.8) is 0 Å². The normalized spacial score (nSPS) is 27.4. The van der Waals surface area contributed by atoms with E-state index in [4.69, 9.17) is 0 Å². The Bertz CT molecular complexity index is 225. The summed E-state index contributed by atoms with van der Waals surface area (Å²) in [6.07, 6.45) is -3.51. The van der Waals surface area contributed by atoms with Gasteiger partial charge in [-0.1, -0.05) is 13.3 Å². The summed E-state index contributed by atoms with van der Waals surface area (Å²) in [5, 5.41) is 12.8. The molecule has 0 spiro atoms. The van der Waals surface area contributed by atoms with Gasteiger partial charge >= 0.3 is 6.18 Å². The lowest BCUT2D eigenvalue weighted by atomic mass is 10.2. The number of rotatable bonds is 6. The number of alkyl halides is 3. The van der Waals surface area contributed by atoms with Crippen molar-refractivity contribution < 1.29 is 18.3 Å². The van der Waals surface area contributed by atoms with Gasteiger partial charge in [-0.05, 0) is 18.6 Å². The lowest BCUT2D eigenvalue weighted by Crippen LogP contribution is -2.40. The van der Waals surface area contributed by atoms with Crippen molar-refractivity contribution in [2.45, 2.75) is 56.2 Å². The molecule has 0 aromatic rings. The minimum atomic E-state index is -4.28. The lowest BCUT2D eigenvalue weighted by Gasteiger charge is -2.22. The van der Waals surface area contributed by atoms with Crippen LogP contribution < -0.4 is 5.32 Å². The van der Waals surface area contributed by atoms with Crippen LogP contribution in [0.3, 0.4) is 0 Å². The van der Waals surface area contributed by atoms with E-state index in [1.165, 1.54) is 0 Å². The second-order valence-electron chi connectivity index (χ2n) is 4.41. The standard InChI is InChI=1S/C11H20F3NOS/c1-2-17-10-5-3-4-9(10)15-7-8(16)6-11(12,13)14/h8-10,15-16H,2-7H2,1H3/t8-,9+,10-/m1/s1. The molecular weight excluding hydrogens is 251 g/mol. The van der Waals surface area contributed by atoms with Gasteiger partial charge in [-0.3, -0.25) is 0 Å². The zero-order valence-electron chi connectivity index (χ0n) is 9.96. The molecule has 102 valence electrons. The van der Waals surface area contributed by atoms with Gasteiger partial charge in [0.1, 0.15) is 0 Å². The maximum atomic E-state index is 12.0. The Morgan fingerprint density at radius 1 is 1.41 bits per heavy atom. The van der Waals surface area contributed by atoms with Crippen LogP contribution in [0.5, 0.6) is 0 Å². The Morgan fingerprint density at radius 3 is 2.71 bits per heavy atom. The van der Waals surface area contributed by atoms with Crippen LogP contribution in [0.4, 0.5) is 13.2 Å². The number of hydrogen-bond donors (Lipinski definition) is 2. The van der Waals surface area contributed by atoms with E-state index in [1.54, 1.807) is 0 Å². The molecule has 0 heterocycles. The van der Waals surface area contributed by atoms with Crippen LogP contribution in [0.2, 0.25) is 0 Å². The molecule has 0 amide bonds. The number of aliphatic hydroxyl groups excluding tert-OH is 1. The van der Waals surface area contributed by atoms with Crippen molar-refractivity contribution in [3.8, 4) is 0 Å². The maximum Gasteiger partial charge on any atom is 0.391 e. The summed E-state index contributed by atoms with van der Waals surface area (Å²) in [6.45, 7) is 2.11. The predicted molar refractivity (Wildman–Crippen MR) is 64.2 cm³/mol. The first-order valence-corrected chi connectivity index (χ1v) is 7.07. The molecule has 2 nitrogen and oxygen atoms in total. The second-order valence-corrected chi connectivity index (χ2v) is 5.93. The largest absolute Gasteiger partial charge is 0.391 e. The highest BCUT2D eigenvalue weighted by Gasteiger charge is 2.32. The summed E-state index contributed by atoms with van der Waals surface area (Å²) in [4.78, 5) is 0. The molecule has 2 N–H and O–H groups in total. The van der Waals surface area contributed by atoms with E-state index in [9.17, 15) is 18.3 Å². The molecule has 0 saturated heterocycles. The van der Waals surface area contributed by atoms with Crippen LogP contribution in [0.15, 0.2) is 0 Å². The fourth-order valence-corrected chi connectivity index (χ4v) is 3.43. The average molecular weight is 271 g/mol. The molecule has 0 aliphatic heterocycles. The lowest BCUT2D eigenvalue weighted by molar-refractivity contribution is -0.152. The number of hydrogen-bond acceptors (Lipinski definition) is 3. The van der Waals surface area contributed by atoms with E-state index < -0.39 is 18.7 Å². The molecule has 1 saturated carbocycles. The van der Waals surface area contributed by atoms with Crippen molar-refractivity contribution in [2.75, 3.05) is 12.3 Å². The predicted octanol–water partition coefficient (Wildman–Crippen LogP) is 2.56. The molecule has 1 aliphatic rings. The minimum Gasteiger partial charge on any atom is -0.391 e.